The van der Waals surface area contributed by atoms with Gasteiger partial charge in [-0.3, -0.25) is 0 Å². The molecule has 21 heavy (non-hydrogen) atoms. The second-order valence-corrected chi connectivity index (χ2v) is 6.63. The Morgan fingerprint density at radius 2 is 2.19 bits per heavy atom. The molecular formula is C12H14N4O3S2. The van der Waals surface area contributed by atoms with E-state index in [4.69, 9.17) is 10.00 Å². The van der Waals surface area contributed by atoms with Crippen molar-refractivity contribution in [3.05, 3.63) is 18.2 Å². The molecule has 0 fully saturated rings. The van der Waals surface area contributed by atoms with Gasteiger partial charge in [0.15, 0.2) is 0 Å². The number of fused-ring (bicyclic) bond motifs is 1. The lowest BCUT2D eigenvalue weighted by atomic mass is 10.3. The molecule has 1 heterocycles. The fourth-order valence-electron chi connectivity index (χ4n) is 1.85. The highest BCUT2D eigenvalue weighted by molar-refractivity contribution is 7.89. The highest BCUT2D eigenvalue weighted by atomic mass is 32.2. The molecule has 0 bridgehead atoms. The van der Waals surface area contributed by atoms with Gasteiger partial charge in [0.05, 0.1) is 24.4 Å². The van der Waals surface area contributed by atoms with Gasteiger partial charge in [0.1, 0.15) is 15.9 Å². The van der Waals surface area contributed by atoms with Crippen molar-refractivity contribution in [2.24, 2.45) is 0 Å². The van der Waals surface area contributed by atoms with Crippen LogP contribution >= 0.6 is 11.7 Å². The van der Waals surface area contributed by atoms with E-state index < -0.39 is 10.0 Å². The van der Waals surface area contributed by atoms with Crippen LogP contribution in [0.5, 0.6) is 0 Å². The van der Waals surface area contributed by atoms with Gasteiger partial charge in [-0.2, -0.15) is 18.3 Å². The molecule has 0 amide bonds. The first-order chi connectivity index (χ1) is 10.1. The molecule has 0 saturated carbocycles. The van der Waals surface area contributed by atoms with E-state index in [0.29, 0.717) is 11.0 Å². The summed E-state index contributed by atoms with van der Waals surface area (Å²) in [6.45, 7) is 0.570. The Hall–Kier alpha value is -1.60. The van der Waals surface area contributed by atoms with Crippen LogP contribution in [-0.4, -0.2) is 48.3 Å². The summed E-state index contributed by atoms with van der Waals surface area (Å²) in [5, 5.41) is 8.69. The lowest BCUT2D eigenvalue weighted by Crippen LogP contribution is -2.34. The maximum Gasteiger partial charge on any atom is 0.245 e. The zero-order chi connectivity index (χ0) is 15.3. The summed E-state index contributed by atoms with van der Waals surface area (Å²) in [4.78, 5) is 0.114. The van der Waals surface area contributed by atoms with Crippen molar-refractivity contribution in [3.63, 3.8) is 0 Å². The Morgan fingerprint density at radius 3 is 2.90 bits per heavy atom. The van der Waals surface area contributed by atoms with Gasteiger partial charge < -0.3 is 4.74 Å². The lowest BCUT2D eigenvalue weighted by molar-refractivity contribution is 0.179. The van der Waals surface area contributed by atoms with E-state index in [1.54, 1.807) is 12.1 Å². The maximum atomic E-state index is 12.8. The molecule has 0 aliphatic carbocycles. The van der Waals surface area contributed by atoms with Crippen LogP contribution in [0.1, 0.15) is 6.42 Å². The summed E-state index contributed by atoms with van der Waals surface area (Å²) in [6, 6.07) is 6.81. The van der Waals surface area contributed by atoms with Crippen LogP contribution in [-0.2, 0) is 14.8 Å². The van der Waals surface area contributed by atoms with Crippen molar-refractivity contribution in [1.82, 2.24) is 13.1 Å². The fraction of sp³-hybridized carbons (Fsp3) is 0.417. The molecule has 0 spiro atoms. The van der Waals surface area contributed by atoms with Crippen molar-refractivity contribution in [2.75, 3.05) is 26.8 Å². The third kappa shape index (κ3) is 3.36. The SMILES string of the molecule is COCCN(CCC#N)S(=O)(=O)c1cccc2nsnc12. The molecule has 2 rings (SSSR count). The quantitative estimate of drug-likeness (QED) is 0.759. The molecule has 0 aliphatic heterocycles. The molecule has 0 radical (unpaired) electrons. The van der Waals surface area contributed by atoms with Crippen LogP contribution in [0.4, 0.5) is 0 Å². The van der Waals surface area contributed by atoms with Gasteiger partial charge in [-0.15, -0.1) is 0 Å². The molecule has 9 heteroatoms. The van der Waals surface area contributed by atoms with Gasteiger partial charge in [-0.1, -0.05) is 6.07 Å². The van der Waals surface area contributed by atoms with E-state index in [-0.39, 0.29) is 31.0 Å². The van der Waals surface area contributed by atoms with E-state index in [1.807, 2.05) is 6.07 Å². The van der Waals surface area contributed by atoms with Gasteiger partial charge in [0, 0.05) is 26.6 Å². The van der Waals surface area contributed by atoms with Gasteiger partial charge in [-0.05, 0) is 12.1 Å². The molecular weight excluding hydrogens is 312 g/mol. The zero-order valence-electron chi connectivity index (χ0n) is 11.4. The number of hydrogen-bond donors (Lipinski definition) is 0. The number of aromatic nitrogens is 2. The topological polar surface area (TPSA) is 96.2 Å². The lowest BCUT2D eigenvalue weighted by Gasteiger charge is -2.20. The Morgan fingerprint density at radius 1 is 1.38 bits per heavy atom. The number of rotatable bonds is 7. The first-order valence-electron chi connectivity index (χ1n) is 6.18. The van der Waals surface area contributed by atoms with Gasteiger partial charge in [0.25, 0.3) is 0 Å². The minimum absolute atomic E-state index is 0.114. The monoisotopic (exact) mass is 326 g/mol. The number of methoxy groups -OCH3 is 1. The summed E-state index contributed by atoms with van der Waals surface area (Å²) < 4.78 is 39.8. The number of hydrogen-bond acceptors (Lipinski definition) is 7. The minimum Gasteiger partial charge on any atom is -0.383 e. The van der Waals surface area contributed by atoms with Crippen molar-refractivity contribution in [2.45, 2.75) is 11.3 Å². The normalized spacial score (nSPS) is 11.9. The number of nitriles is 1. The maximum absolute atomic E-state index is 12.8. The van der Waals surface area contributed by atoms with Crippen molar-refractivity contribution >= 4 is 32.8 Å². The van der Waals surface area contributed by atoms with Gasteiger partial charge >= 0.3 is 0 Å². The smallest absolute Gasteiger partial charge is 0.245 e. The average Bonchev–Trinajstić information content (AvgIpc) is 2.95. The fourth-order valence-corrected chi connectivity index (χ4v) is 4.03. The van der Waals surface area contributed by atoms with E-state index in [0.717, 1.165) is 11.7 Å². The van der Waals surface area contributed by atoms with Crippen molar-refractivity contribution in [1.29, 1.82) is 5.26 Å². The molecule has 0 aliphatic rings. The molecule has 7 nitrogen and oxygen atoms in total. The Labute approximate surface area is 127 Å². The predicted molar refractivity (Wildman–Crippen MR) is 78.3 cm³/mol. The first kappa shape index (κ1) is 15.8. The minimum atomic E-state index is -3.74. The Bertz CT molecular complexity index is 751. The molecule has 1 aromatic carbocycles. The standard InChI is InChI=1S/C12H14N4O3S2/c1-19-9-8-16(7-3-6-13)21(17,18)11-5-2-4-10-12(11)15-20-14-10/h2,4-5H,3,7-9H2,1H3. The van der Waals surface area contributed by atoms with Crippen LogP contribution in [0.15, 0.2) is 23.1 Å². The van der Waals surface area contributed by atoms with Crippen LogP contribution in [0, 0.1) is 11.3 Å². The van der Waals surface area contributed by atoms with Gasteiger partial charge in [0.2, 0.25) is 10.0 Å². The largest absolute Gasteiger partial charge is 0.383 e. The third-order valence-corrected chi connectivity index (χ3v) is 5.36. The van der Waals surface area contributed by atoms with E-state index in [9.17, 15) is 8.42 Å². The molecule has 0 N–H and O–H groups in total. The third-order valence-electron chi connectivity index (χ3n) is 2.88. The molecule has 2 aromatic rings. The highest BCUT2D eigenvalue weighted by Gasteiger charge is 2.27. The van der Waals surface area contributed by atoms with Gasteiger partial charge in [-0.25, -0.2) is 8.42 Å². The summed E-state index contributed by atoms with van der Waals surface area (Å²) >= 11 is 0.971. The Kier molecular flexibility index (Phi) is 5.19. The second-order valence-electron chi connectivity index (χ2n) is 4.19. The van der Waals surface area contributed by atoms with Crippen LogP contribution < -0.4 is 0 Å². The van der Waals surface area contributed by atoms with E-state index in [1.165, 1.54) is 17.5 Å². The van der Waals surface area contributed by atoms with Crippen LogP contribution in [0.2, 0.25) is 0 Å². The first-order valence-corrected chi connectivity index (χ1v) is 8.35. The molecule has 0 saturated heterocycles. The number of nitrogens with zero attached hydrogens (tertiary/aromatic N) is 4. The molecule has 0 atom stereocenters. The highest BCUT2D eigenvalue weighted by Crippen LogP contribution is 2.24. The summed E-state index contributed by atoms with van der Waals surface area (Å²) in [5.41, 5.74) is 0.912. The summed E-state index contributed by atoms with van der Waals surface area (Å²) in [5.74, 6) is 0. The van der Waals surface area contributed by atoms with Crippen molar-refractivity contribution in [3.8, 4) is 6.07 Å². The van der Waals surface area contributed by atoms with E-state index in [2.05, 4.69) is 8.75 Å². The van der Waals surface area contributed by atoms with E-state index >= 15 is 0 Å². The van der Waals surface area contributed by atoms with Crippen LogP contribution in [0.3, 0.4) is 0 Å². The number of ether oxygens (including phenoxy) is 1. The summed E-state index contributed by atoms with van der Waals surface area (Å²) in [6.07, 6.45) is 0.119. The zero-order valence-corrected chi connectivity index (χ0v) is 13.0. The second kappa shape index (κ2) is 6.91. The Balaban J connectivity index is 2.41. The number of benzene rings is 1. The van der Waals surface area contributed by atoms with Crippen molar-refractivity contribution < 1.29 is 13.2 Å². The molecule has 1 aromatic heterocycles. The molecule has 112 valence electrons. The predicted octanol–water partition coefficient (Wildman–Crippen LogP) is 1.24. The number of sulfonamides is 1. The van der Waals surface area contributed by atoms with Crippen LogP contribution in [0.25, 0.3) is 11.0 Å². The average molecular weight is 326 g/mol. The molecule has 0 unspecified atom stereocenters. The summed E-state index contributed by atoms with van der Waals surface area (Å²) in [7, 11) is -2.24.